The molecule has 20 heavy (non-hydrogen) atoms. The van der Waals surface area contributed by atoms with Crippen molar-refractivity contribution < 1.29 is 13.2 Å². The summed E-state index contributed by atoms with van der Waals surface area (Å²) in [6, 6.07) is 4.55. The van der Waals surface area contributed by atoms with Crippen LogP contribution in [-0.2, 0) is 23.2 Å². The molecule has 2 N–H and O–H groups in total. The van der Waals surface area contributed by atoms with Crippen LogP contribution in [0.5, 0.6) is 5.75 Å². The maximum atomic E-state index is 11.2. The molecule has 2 rings (SSSR count). The molecule has 0 amide bonds. The van der Waals surface area contributed by atoms with E-state index >= 15 is 0 Å². The van der Waals surface area contributed by atoms with Gasteiger partial charge in [0.05, 0.1) is 11.1 Å². The molecule has 108 valence electrons. The Hall–Kier alpha value is -1.86. The van der Waals surface area contributed by atoms with Crippen LogP contribution in [0.2, 0.25) is 0 Å². The number of aryl methyl sites for hydroxylation is 2. The number of nitrogens with zero attached hydrogens (tertiary/aromatic N) is 2. The molecule has 0 bridgehead atoms. The molecular formula is C13H17N3O3S. The fraction of sp³-hybridized carbons (Fsp3) is 0.308. The maximum absolute atomic E-state index is 11.2. The number of benzene rings is 1. The Morgan fingerprint density at radius 1 is 1.40 bits per heavy atom. The van der Waals surface area contributed by atoms with Crippen molar-refractivity contribution in [3.8, 4) is 5.75 Å². The lowest BCUT2D eigenvalue weighted by Crippen LogP contribution is -2.12. The van der Waals surface area contributed by atoms with Crippen LogP contribution in [0.25, 0.3) is 0 Å². The highest BCUT2D eigenvalue weighted by Crippen LogP contribution is 2.22. The minimum Gasteiger partial charge on any atom is -0.489 e. The molecule has 7 heteroatoms. The van der Waals surface area contributed by atoms with Crippen molar-refractivity contribution in [1.82, 2.24) is 9.78 Å². The number of aromatic nitrogens is 2. The molecule has 6 nitrogen and oxygen atoms in total. The molecule has 0 saturated carbocycles. The smallest absolute Gasteiger partial charge is 0.238 e. The quantitative estimate of drug-likeness (QED) is 0.904. The van der Waals surface area contributed by atoms with Crippen LogP contribution in [0.4, 0.5) is 0 Å². The van der Waals surface area contributed by atoms with Crippen LogP contribution in [0.15, 0.2) is 35.5 Å². The van der Waals surface area contributed by atoms with Crippen molar-refractivity contribution in [3.05, 3.63) is 41.7 Å². The summed E-state index contributed by atoms with van der Waals surface area (Å²) in [7, 11) is -3.68. The van der Waals surface area contributed by atoms with Crippen molar-refractivity contribution in [2.24, 2.45) is 5.14 Å². The van der Waals surface area contributed by atoms with Gasteiger partial charge < -0.3 is 4.74 Å². The van der Waals surface area contributed by atoms with Gasteiger partial charge in [0.2, 0.25) is 10.0 Å². The monoisotopic (exact) mass is 295 g/mol. The molecule has 0 aliphatic heterocycles. The fourth-order valence-electron chi connectivity index (χ4n) is 1.78. The predicted octanol–water partition coefficient (Wildman–Crippen LogP) is 1.44. The molecule has 0 unspecified atom stereocenters. The summed E-state index contributed by atoms with van der Waals surface area (Å²) in [5.74, 6) is 0.627. The highest BCUT2D eigenvalue weighted by atomic mass is 32.2. The lowest BCUT2D eigenvalue weighted by atomic mass is 10.2. The highest BCUT2D eigenvalue weighted by Gasteiger charge is 2.10. The normalized spacial score (nSPS) is 11.6. The summed E-state index contributed by atoms with van der Waals surface area (Å²) in [4.78, 5) is 0.0844. The van der Waals surface area contributed by atoms with E-state index < -0.39 is 10.0 Å². The van der Waals surface area contributed by atoms with E-state index in [1.165, 1.54) is 12.1 Å². The van der Waals surface area contributed by atoms with E-state index in [9.17, 15) is 8.42 Å². The van der Waals surface area contributed by atoms with Gasteiger partial charge in [-0.2, -0.15) is 5.10 Å². The number of rotatable bonds is 5. The molecule has 0 fully saturated rings. The summed E-state index contributed by atoms with van der Waals surface area (Å²) in [5, 5.41) is 9.24. The SMILES string of the molecule is CCn1cc(COc2ccc(S(N)(=O)=O)cc2C)cn1. The summed E-state index contributed by atoms with van der Waals surface area (Å²) in [6.45, 7) is 4.98. The lowest BCUT2D eigenvalue weighted by Gasteiger charge is -2.09. The zero-order valence-corrected chi connectivity index (χ0v) is 12.2. The first kappa shape index (κ1) is 14.5. The number of sulfonamides is 1. The van der Waals surface area contributed by atoms with Gasteiger partial charge in [0.25, 0.3) is 0 Å². The average molecular weight is 295 g/mol. The molecule has 0 saturated heterocycles. The summed E-state index contributed by atoms with van der Waals surface area (Å²) < 4.78 is 29.9. The molecule has 0 spiro atoms. The Balaban J connectivity index is 2.10. The third kappa shape index (κ3) is 3.37. The van der Waals surface area contributed by atoms with Crippen molar-refractivity contribution in [1.29, 1.82) is 0 Å². The Morgan fingerprint density at radius 2 is 2.15 bits per heavy atom. The van der Waals surface area contributed by atoms with Gasteiger partial charge in [-0.25, -0.2) is 13.6 Å². The van der Waals surface area contributed by atoms with Gasteiger partial charge in [0.1, 0.15) is 12.4 Å². The van der Waals surface area contributed by atoms with E-state index in [1.54, 1.807) is 19.2 Å². The fourth-order valence-corrected chi connectivity index (χ4v) is 2.37. The molecule has 2 aromatic rings. The first-order chi connectivity index (χ1) is 9.40. The maximum Gasteiger partial charge on any atom is 0.238 e. The van der Waals surface area contributed by atoms with Crippen LogP contribution in [0.3, 0.4) is 0 Å². The molecule has 0 aliphatic carbocycles. The molecule has 1 aromatic carbocycles. The van der Waals surface area contributed by atoms with Crippen molar-refractivity contribution in [2.75, 3.05) is 0 Å². The molecule has 1 aromatic heterocycles. The van der Waals surface area contributed by atoms with Crippen LogP contribution in [0, 0.1) is 6.92 Å². The Labute approximate surface area is 118 Å². The molecular weight excluding hydrogens is 278 g/mol. The van der Waals surface area contributed by atoms with Gasteiger partial charge >= 0.3 is 0 Å². The van der Waals surface area contributed by atoms with E-state index in [2.05, 4.69) is 5.10 Å². The summed E-state index contributed by atoms with van der Waals surface area (Å²) >= 11 is 0. The van der Waals surface area contributed by atoms with Gasteiger partial charge in [-0.05, 0) is 37.6 Å². The number of hydrogen-bond donors (Lipinski definition) is 1. The second kappa shape index (κ2) is 5.64. The van der Waals surface area contributed by atoms with Crippen LogP contribution in [-0.4, -0.2) is 18.2 Å². The Kier molecular flexibility index (Phi) is 4.10. The van der Waals surface area contributed by atoms with E-state index in [0.717, 1.165) is 17.7 Å². The Morgan fingerprint density at radius 3 is 2.70 bits per heavy atom. The van der Waals surface area contributed by atoms with Gasteiger partial charge in [-0.3, -0.25) is 4.68 Å². The predicted molar refractivity (Wildman–Crippen MR) is 74.8 cm³/mol. The van der Waals surface area contributed by atoms with Gasteiger partial charge in [-0.15, -0.1) is 0 Å². The van der Waals surface area contributed by atoms with Crippen LogP contribution in [0.1, 0.15) is 18.1 Å². The molecule has 1 heterocycles. The Bertz CT molecular complexity index is 707. The third-order valence-corrected chi connectivity index (χ3v) is 3.79. The standard InChI is InChI=1S/C13H17N3O3S/c1-3-16-8-11(7-15-16)9-19-13-5-4-12(6-10(13)2)20(14,17)18/h4-8H,3,9H2,1-2H3,(H2,14,17,18). The second-order valence-corrected chi connectivity index (χ2v) is 6.03. The van der Waals surface area contributed by atoms with Crippen LogP contribution >= 0.6 is 0 Å². The van der Waals surface area contributed by atoms with E-state index in [1.807, 2.05) is 17.8 Å². The second-order valence-electron chi connectivity index (χ2n) is 4.47. The highest BCUT2D eigenvalue weighted by molar-refractivity contribution is 7.89. The van der Waals surface area contributed by atoms with E-state index in [4.69, 9.17) is 9.88 Å². The summed E-state index contributed by atoms with van der Waals surface area (Å²) in [6.07, 6.45) is 3.66. The number of hydrogen-bond acceptors (Lipinski definition) is 4. The zero-order valence-electron chi connectivity index (χ0n) is 11.4. The summed E-state index contributed by atoms with van der Waals surface area (Å²) in [5.41, 5.74) is 1.68. The molecule has 0 radical (unpaired) electrons. The molecule has 0 aliphatic rings. The average Bonchev–Trinajstić information content (AvgIpc) is 2.84. The first-order valence-corrected chi connectivity index (χ1v) is 7.72. The zero-order chi connectivity index (χ0) is 14.8. The van der Waals surface area contributed by atoms with Gasteiger partial charge in [-0.1, -0.05) is 0 Å². The minimum absolute atomic E-state index is 0.0844. The lowest BCUT2D eigenvalue weighted by molar-refractivity contribution is 0.303. The number of ether oxygens (including phenoxy) is 1. The number of nitrogens with two attached hydrogens (primary N) is 1. The molecule has 0 atom stereocenters. The van der Waals surface area contributed by atoms with Gasteiger partial charge in [0, 0.05) is 18.3 Å². The largest absolute Gasteiger partial charge is 0.489 e. The van der Waals surface area contributed by atoms with Crippen LogP contribution < -0.4 is 9.88 Å². The van der Waals surface area contributed by atoms with Crippen molar-refractivity contribution in [2.45, 2.75) is 31.9 Å². The first-order valence-electron chi connectivity index (χ1n) is 6.17. The van der Waals surface area contributed by atoms with Crippen molar-refractivity contribution >= 4 is 10.0 Å². The van der Waals surface area contributed by atoms with Gasteiger partial charge in [0.15, 0.2) is 0 Å². The van der Waals surface area contributed by atoms with Crippen molar-refractivity contribution in [3.63, 3.8) is 0 Å². The number of primary sulfonamides is 1. The minimum atomic E-state index is -3.68. The van der Waals surface area contributed by atoms with E-state index in [-0.39, 0.29) is 4.90 Å². The topological polar surface area (TPSA) is 87.2 Å². The van der Waals surface area contributed by atoms with E-state index in [0.29, 0.717) is 12.4 Å². The third-order valence-electron chi connectivity index (χ3n) is 2.88.